The largest absolute Gasteiger partial charge is 0.477 e. The molecule has 0 N–H and O–H groups in total. The van der Waals surface area contributed by atoms with Crippen molar-refractivity contribution in [2.24, 2.45) is 11.3 Å². The summed E-state index contributed by atoms with van der Waals surface area (Å²) >= 11 is 0. The van der Waals surface area contributed by atoms with Crippen LogP contribution in [0.2, 0.25) is 0 Å². The lowest BCUT2D eigenvalue weighted by molar-refractivity contribution is -0.192. The van der Waals surface area contributed by atoms with Crippen LogP contribution in [0.15, 0.2) is 47.5 Å². The fourth-order valence-electron chi connectivity index (χ4n) is 4.16. The highest BCUT2D eigenvalue weighted by molar-refractivity contribution is 7.90. The van der Waals surface area contributed by atoms with Crippen LogP contribution in [0.5, 0.6) is 5.88 Å². The van der Waals surface area contributed by atoms with E-state index in [9.17, 15) is 21.6 Å². The summed E-state index contributed by atoms with van der Waals surface area (Å²) in [5.41, 5.74) is 0.244. The standard InChI is InChI=1S/C23H27F3N2O3S/c1-32(29,30)20-5-2-18(3-6-20)19-4-7-21(27-14-19)31-15-17-8-12-28(13-9-17)16-22(10-11-22)23(24,25)26/h2-7,14,17H,8-13,15-16H2,1H3. The van der Waals surface area contributed by atoms with Gasteiger partial charge >= 0.3 is 6.18 Å². The second kappa shape index (κ2) is 8.67. The first-order valence-electron chi connectivity index (χ1n) is 10.7. The van der Waals surface area contributed by atoms with Gasteiger partial charge in [-0.3, -0.25) is 0 Å². The number of ether oxygens (including phenoxy) is 1. The van der Waals surface area contributed by atoms with Crippen molar-refractivity contribution in [3.8, 4) is 17.0 Å². The summed E-state index contributed by atoms with van der Waals surface area (Å²) in [5, 5.41) is 0. The Labute approximate surface area is 186 Å². The summed E-state index contributed by atoms with van der Waals surface area (Å²) in [4.78, 5) is 6.55. The maximum atomic E-state index is 13.2. The van der Waals surface area contributed by atoms with Gasteiger partial charge in [-0.15, -0.1) is 0 Å². The molecule has 1 saturated carbocycles. The Morgan fingerprint density at radius 2 is 1.69 bits per heavy atom. The minimum absolute atomic E-state index is 0.123. The lowest BCUT2D eigenvalue weighted by atomic mass is 9.96. The lowest BCUT2D eigenvalue weighted by Crippen LogP contribution is -2.43. The Morgan fingerprint density at radius 3 is 2.19 bits per heavy atom. The SMILES string of the molecule is CS(=O)(=O)c1ccc(-c2ccc(OCC3CCN(CC4(C(F)(F)F)CC4)CC3)nc2)cc1. The zero-order valence-electron chi connectivity index (χ0n) is 17.9. The highest BCUT2D eigenvalue weighted by Gasteiger charge is 2.63. The average molecular weight is 469 g/mol. The molecule has 0 amide bonds. The molecule has 5 nitrogen and oxygen atoms in total. The molecule has 2 fully saturated rings. The number of hydrogen-bond acceptors (Lipinski definition) is 5. The highest BCUT2D eigenvalue weighted by Crippen LogP contribution is 2.58. The Bertz CT molecular complexity index is 1030. The van der Waals surface area contributed by atoms with Crippen LogP contribution in [-0.2, 0) is 9.84 Å². The molecule has 0 radical (unpaired) electrons. The van der Waals surface area contributed by atoms with Crippen LogP contribution in [0.3, 0.4) is 0 Å². The van der Waals surface area contributed by atoms with Gasteiger partial charge in [0.2, 0.25) is 5.88 Å². The third kappa shape index (κ3) is 5.26. The summed E-state index contributed by atoms with van der Waals surface area (Å²) < 4.78 is 68.4. The van der Waals surface area contributed by atoms with Crippen molar-refractivity contribution in [2.45, 2.75) is 36.8 Å². The quantitative estimate of drug-likeness (QED) is 0.595. The van der Waals surface area contributed by atoms with Gasteiger partial charge in [-0.05, 0) is 68.5 Å². The summed E-state index contributed by atoms with van der Waals surface area (Å²) in [6, 6.07) is 10.3. The fraction of sp³-hybridized carbons (Fsp3) is 0.522. The van der Waals surface area contributed by atoms with Crippen molar-refractivity contribution in [1.82, 2.24) is 9.88 Å². The van der Waals surface area contributed by atoms with Gasteiger partial charge in [0.15, 0.2) is 9.84 Å². The molecule has 32 heavy (non-hydrogen) atoms. The number of benzene rings is 1. The summed E-state index contributed by atoms with van der Waals surface area (Å²) in [6.07, 6.45) is 0.898. The van der Waals surface area contributed by atoms with Gasteiger partial charge in [0.25, 0.3) is 0 Å². The number of rotatable bonds is 7. The van der Waals surface area contributed by atoms with Crippen molar-refractivity contribution in [3.63, 3.8) is 0 Å². The maximum Gasteiger partial charge on any atom is 0.395 e. The predicted octanol–water partition coefficient (Wildman–Crippen LogP) is 4.59. The van der Waals surface area contributed by atoms with Gasteiger partial charge in [0, 0.05) is 30.6 Å². The van der Waals surface area contributed by atoms with Gasteiger partial charge in [-0.25, -0.2) is 13.4 Å². The topological polar surface area (TPSA) is 59.5 Å². The highest BCUT2D eigenvalue weighted by atomic mass is 32.2. The van der Waals surface area contributed by atoms with Gasteiger partial charge < -0.3 is 9.64 Å². The maximum absolute atomic E-state index is 13.2. The van der Waals surface area contributed by atoms with Crippen molar-refractivity contribution in [3.05, 3.63) is 42.6 Å². The number of hydrogen-bond donors (Lipinski definition) is 0. The molecule has 2 aromatic rings. The van der Waals surface area contributed by atoms with Gasteiger partial charge in [0.05, 0.1) is 16.9 Å². The minimum Gasteiger partial charge on any atom is -0.477 e. The third-order valence-electron chi connectivity index (χ3n) is 6.51. The van der Waals surface area contributed by atoms with E-state index in [0.717, 1.165) is 24.0 Å². The van der Waals surface area contributed by atoms with E-state index in [4.69, 9.17) is 4.74 Å². The molecule has 9 heteroatoms. The molecule has 0 unspecified atom stereocenters. The minimum atomic E-state index is -4.10. The average Bonchev–Trinajstić information content (AvgIpc) is 3.54. The number of aromatic nitrogens is 1. The molecule has 2 aliphatic rings. The van der Waals surface area contributed by atoms with Crippen LogP contribution in [0, 0.1) is 11.3 Å². The molecular weight excluding hydrogens is 441 g/mol. The Kier molecular flexibility index (Phi) is 6.24. The summed E-state index contributed by atoms with van der Waals surface area (Å²) in [7, 11) is -3.23. The van der Waals surface area contributed by atoms with E-state index in [1.807, 2.05) is 11.0 Å². The third-order valence-corrected chi connectivity index (χ3v) is 7.64. The van der Waals surface area contributed by atoms with Gasteiger partial charge in [-0.2, -0.15) is 13.2 Å². The molecule has 1 saturated heterocycles. The summed E-state index contributed by atoms with van der Waals surface area (Å²) in [6.45, 7) is 1.95. The van der Waals surface area contributed by atoms with Crippen LogP contribution >= 0.6 is 0 Å². The monoisotopic (exact) mass is 468 g/mol. The normalized spacial score (nSPS) is 19.6. The summed E-state index contributed by atoms with van der Waals surface area (Å²) in [5.74, 6) is 0.801. The number of likely N-dealkylation sites (tertiary alicyclic amines) is 1. The number of halogens is 3. The Hall–Kier alpha value is -2.13. The van der Waals surface area contributed by atoms with Crippen molar-refractivity contribution in [2.75, 3.05) is 32.5 Å². The second-order valence-electron chi connectivity index (χ2n) is 8.99. The fourth-order valence-corrected chi connectivity index (χ4v) is 4.79. The lowest BCUT2D eigenvalue weighted by Gasteiger charge is -2.34. The number of nitrogens with zero attached hydrogens (tertiary/aromatic N) is 2. The molecule has 1 aromatic carbocycles. The van der Waals surface area contributed by atoms with E-state index in [-0.39, 0.29) is 24.3 Å². The van der Waals surface area contributed by atoms with E-state index in [1.165, 1.54) is 6.26 Å². The molecule has 1 aliphatic carbocycles. The Morgan fingerprint density at radius 1 is 1.06 bits per heavy atom. The van der Waals surface area contributed by atoms with Crippen molar-refractivity contribution in [1.29, 1.82) is 0 Å². The first-order chi connectivity index (χ1) is 15.1. The van der Waals surface area contributed by atoms with E-state index in [1.54, 1.807) is 36.5 Å². The number of sulfone groups is 1. The van der Waals surface area contributed by atoms with Gasteiger partial charge in [0.1, 0.15) is 0 Å². The molecule has 1 aliphatic heterocycles. The predicted molar refractivity (Wildman–Crippen MR) is 115 cm³/mol. The second-order valence-corrected chi connectivity index (χ2v) is 11.0. The molecule has 0 spiro atoms. The van der Waals surface area contributed by atoms with Crippen LogP contribution < -0.4 is 4.74 Å². The van der Waals surface area contributed by atoms with Crippen LogP contribution in [0.1, 0.15) is 25.7 Å². The smallest absolute Gasteiger partial charge is 0.395 e. The molecule has 0 atom stereocenters. The van der Waals surface area contributed by atoms with Crippen LogP contribution in [0.4, 0.5) is 13.2 Å². The zero-order valence-corrected chi connectivity index (χ0v) is 18.8. The molecule has 174 valence electrons. The van der Waals surface area contributed by atoms with Crippen molar-refractivity contribution < 1.29 is 26.3 Å². The zero-order chi connectivity index (χ0) is 23.0. The Balaban J connectivity index is 1.25. The number of alkyl halides is 3. The number of piperidine rings is 1. The first kappa shape index (κ1) is 23.0. The van der Waals surface area contributed by atoms with E-state index in [2.05, 4.69) is 4.98 Å². The molecule has 2 heterocycles. The van der Waals surface area contributed by atoms with Crippen LogP contribution in [-0.4, -0.2) is 57.0 Å². The van der Waals surface area contributed by atoms with E-state index in [0.29, 0.717) is 31.5 Å². The first-order valence-corrected chi connectivity index (χ1v) is 12.6. The number of pyridine rings is 1. The van der Waals surface area contributed by atoms with Crippen LogP contribution in [0.25, 0.3) is 11.1 Å². The van der Waals surface area contributed by atoms with Crippen molar-refractivity contribution >= 4 is 9.84 Å². The molecule has 0 bridgehead atoms. The van der Waals surface area contributed by atoms with E-state index < -0.39 is 21.4 Å². The van der Waals surface area contributed by atoms with Gasteiger partial charge in [-0.1, -0.05) is 12.1 Å². The van der Waals surface area contributed by atoms with E-state index >= 15 is 0 Å². The molecule has 4 rings (SSSR count). The molecule has 1 aromatic heterocycles. The molecular formula is C23H27F3N2O3S.